The zero-order chi connectivity index (χ0) is 13.8. The average Bonchev–Trinajstić information content (AvgIpc) is 2.64. The van der Waals surface area contributed by atoms with Crippen LogP contribution < -0.4 is 5.32 Å². The van der Waals surface area contributed by atoms with Gasteiger partial charge in [0.1, 0.15) is 0 Å². The Balaban J connectivity index is 2.09. The molecular formula is C14H18F2N2O. The molecule has 0 aromatic heterocycles. The first-order valence-electron chi connectivity index (χ1n) is 6.50. The molecule has 0 radical (unpaired) electrons. The van der Waals surface area contributed by atoms with Crippen molar-refractivity contribution in [2.45, 2.75) is 13.3 Å². The second-order valence-electron chi connectivity index (χ2n) is 4.86. The van der Waals surface area contributed by atoms with Crippen LogP contribution in [-0.4, -0.2) is 43.4 Å². The van der Waals surface area contributed by atoms with E-state index in [1.54, 1.807) is 0 Å². The number of Topliss-reactive ketones (excluding diaryl/α,β-unsaturated/α-hetero) is 1. The summed E-state index contributed by atoms with van der Waals surface area (Å²) in [6, 6.07) is 2.81. The van der Waals surface area contributed by atoms with Gasteiger partial charge < -0.3 is 5.32 Å². The summed E-state index contributed by atoms with van der Waals surface area (Å²) in [6.07, 6.45) is 0.956. The Labute approximate surface area is 111 Å². The molecule has 3 nitrogen and oxygen atoms in total. The number of aryl methyl sites for hydroxylation is 1. The maximum atomic E-state index is 13.7. The van der Waals surface area contributed by atoms with Crippen molar-refractivity contribution >= 4 is 5.78 Å². The van der Waals surface area contributed by atoms with E-state index >= 15 is 0 Å². The van der Waals surface area contributed by atoms with E-state index < -0.39 is 11.6 Å². The topological polar surface area (TPSA) is 32.3 Å². The van der Waals surface area contributed by atoms with Crippen molar-refractivity contribution in [2.75, 3.05) is 32.7 Å². The van der Waals surface area contributed by atoms with Crippen LogP contribution in [0.15, 0.2) is 12.1 Å². The number of carbonyl (C=O) groups excluding carboxylic acids is 1. The highest BCUT2D eigenvalue weighted by Gasteiger charge is 2.19. The number of nitrogens with one attached hydrogen (secondary N) is 1. The van der Waals surface area contributed by atoms with Gasteiger partial charge in [0, 0.05) is 13.1 Å². The smallest absolute Gasteiger partial charge is 0.179 e. The number of ketones is 1. The Morgan fingerprint density at radius 1 is 1.26 bits per heavy atom. The molecule has 1 aliphatic heterocycles. The summed E-state index contributed by atoms with van der Waals surface area (Å²) < 4.78 is 27.2. The lowest BCUT2D eigenvalue weighted by atomic mass is 10.1. The summed E-state index contributed by atoms with van der Waals surface area (Å²) in [5, 5.41) is 3.23. The zero-order valence-corrected chi connectivity index (χ0v) is 11.0. The normalized spacial score (nSPS) is 17.2. The molecule has 1 aromatic rings. The van der Waals surface area contributed by atoms with Gasteiger partial charge in [-0.25, -0.2) is 8.78 Å². The van der Waals surface area contributed by atoms with Gasteiger partial charge in [0.15, 0.2) is 17.4 Å². The molecule has 1 aromatic carbocycles. The molecule has 1 heterocycles. The molecule has 0 amide bonds. The van der Waals surface area contributed by atoms with Gasteiger partial charge in [0.2, 0.25) is 0 Å². The fraction of sp³-hybridized carbons (Fsp3) is 0.500. The van der Waals surface area contributed by atoms with Crippen molar-refractivity contribution < 1.29 is 13.6 Å². The van der Waals surface area contributed by atoms with Crippen molar-refractivity contribution in [3.63, 3.8) is 0 Å². The largest absolute Gasteiger partial charge is 0.315 e. The third-order valence-electron chi connectivity index (χ3n) is 3.38. The summed E-state index contributed by atoms with van der Waals surface area (Å²) in [6.45, 7) is 4.92. The van der Waals surface area contributed by atoms with Crippen LogP contribution in [0.3, 0.4) is 0 Å². The Bertz CT molecular complexity index is 469. The van der Waals surface area contributed by atoms with E-state index in [4.69, 9.17) is 0 Å². The van der Waals surface area contributed by atoms with Crippen molar-refractivity contribution in [1.82, 2.24) is 10.2 Å². The van der Waals surface area contributed by atoms with Gasteiger partial charge in [0.25, 0.3) is 0 Å². The van der Waals surface area contributed by atoms with E-state index in [-0.39, 0.29) is 23.5 Å². The molecule has 1 saturated heterocycles. The minimum absolute atomic E-state index is 0.140. The summed E-state index contributed by atoms with van der Waals surface area (Å²) in [5.41, 5.74) is 0.0633. The maximum Gasteiger partial charge on any atom is 0.179 e. The van der Waals surface area contributed by atoms with E-state index in [2.05, 4.69) is 5.32 Å². The number of benzene rings is 1. The van der Waals surface area contributed by atoms with Crippen LogP contribution >= 0.6 is 0 Å². The predicted molar refractivity (Wildman–Crippen MR) is 69.4 cm³/mol. The first kappa shape index (κ1) is 14.1. The second-order valence-corrected chi connectivity index (χ2v) is 4.86. The summed E-state index contributed by atoms with van der Waals surface area (Å²) in [5.74, 6) is -2.32. The molecule has 5 heteroatoms. The highest BCUT2D eigenvalue weighted by atomic mass is 19.2. The zero-order valence-electron chi connectivity index (χ0n) is 11.0. The molecule has 0 unspecified atom stereocenters. The highest BCUT2D eigenvalue weighted by molar-refractivity contribution is 5.97. The Morgan fingerprint density at radius 2 is 2.05 bits per heavy atom. The molecule has 1 fully saturated rings. The van der Waals surface area contributed by atoms with Crippen LogP contribution in [0.4, 0.5) is 8.78 Å². The van der Waals surface area contributed by atoms with E-state index in [1.807, 2.05) is 4.90 Å². The van der Waals surface area contributed by atoms with E-state index in [9.17, 15) is 13.6 Å². The molecule has 1 aliphatic rings. The average molecular weight is 268 g/mol. The van der Waals surface area contributed by atoms with Gasteiger partial charge in [-0.15, -0.1) is 0 Å². The Hall–Kier alpha value is -1.33. The maximum absolute atomic E-state index is 13.7. The van der Waals surface area contributed by atoms with Gasteiger partial charge in [-0.05, 0) is 38.1 Å². The molecule has 104 valence electrons. The molecule has 0 atom stereocenters. The van der Waals surface area contributed by atoms with Crippen molar-refractivity contribution in [1.29, 1.82) is 0 Å². The predicted octanol–water partition coefficient (Wildman–Crippen LogP) is 1.75. The van der Waals surface area contributed by atoms with Gasteiger partial charge in [-0.1, -0.05) is 6.07 Å². The molecular weight excluding hydrogens is 250 g/mol. The Kier molecular flexibility index (Phi) is 4.61. The third kappa shape index (κ3) is 3.36. The number of hydrogen-bond acceptors (Lipinski definition) is 3. The number of carbonyl (C=O) groups is 1. The number of nitrogens with zero attached hydrogens (tertiary/aromatic N) is 1. The van der Waals surface area contributed by atoms with Crippen LogP contribution in [0.1, 0.15) is 22.3 Å². The van der Waals surface area contributed by atoms with Crippen molar-refractivity contribution in [3.05, 3.63) is 34.9 Å². The van der Waals surface area contributed by atoms with Gasteiger partial charge in [-0.3, -0.25) is 9.69 Å². The molecule has 19 heavy (non-hydrogen) atoms. The minimum Gasteiger partial charge on any atom is -0.315 e. The van der Waals surface area contributed by atoms with Crippen molar-refractivity contribution in [2.24, 2.45) is 0 Å². The van der Waals surface area contributed by atoms with Crippen molar-refractivity contribution in [3.8, 4) is 0 Å². The molecule has 0 spiro atoms. The lowest BCUT2D eigenvalue weighted by Crippen LogP contribution is -2.33. The SMILES string of the molecule is Cc1ccc(C(=O)CN2CCCNCC2)c(F)c1F. The number of halogens is 2. The van der Waals surface area contributed by atoms with Gasteiger partial charge >= 0.3 is 0 Å². The van der Waals surface area contributed by atoms with E-state index in [0.29, 0.717) is 0 Å². The number of hydrogen-bond donors (Lipinski definition) is 1. The highest BCUT2D eigenvalue weighted by Crippen LogP contribution is 2.16. The van der Waals surface area contributed by atoms with Gasteiger partial charge in [0.05, 0.1) is 12.1 Å². The van der Waals surface area contributed by atoms with E-state index in [0.717, 1.165) is 32.6 Å². The Morgan fingerprint density at radius 3 is 2.84 bits per heavy atom. The van der Waals surface area contributed by atoms with Crippen LogP contribution in [0.5, 0.6) is 0 Å². The molecule has 2 rings (SSSR count). The van der Waals surface area contributed by atoms with Crippen LogP contribution in [-0.2, 0) is 0 Å². The summed E-state index contributed by atoms with van der Waals surface area (Å²) in [7, 11) is 0. The molecule has 1 N–H and O–H groups in total. The fourth-order valence-corrected chi connectivity index (χ4v) is 2.21. The van der Waals surface area contributed by atoms with Crippen LogP contribution in [0.2, 0.25) is 0 Å². The van der Waals surface area contributed by atoms with Crippen LogP contribution in [0, 0.1) is 18.6 Å². The second kappa shape index (κ2) is 6.21. The first-order chi connectivity index (χ1) is 9.09. The minimum atomic E-state index is -1.03. The summed E-state index contributed by atoms with van der Waals surface area (Å²) in [4.78, 5) is 14.0. The first-order valence-corrected chi connectivity index (χ1v) is 6.50. The van der Waals surface area contributed by atoms with E-state index in [1.165, 1.54) is 19.1 Å². The van der Waals surface area contributed by atoms with Crippen LogP contribution in [0.25, 0.3) is 0 Å². The summed E-state index contributed by atoms with van der Waals surface area (Å²) >= 11 is 0. The monoisotopic (exact) mass is 268 g/mol. The standard InChI is InChI=1S/C14H18F2N2O/c1-10-3-4-11(14(16)13(10)15)12(19)9-18-7-2-5-17-6-8-18/h3-4,17H,2,5-9H2,1H3. The number of rotatable bonds is 3. The molecule has 0 aliphatic carbocycles. The molecule has 0 bridgehead atoms. The third-order valence-corrected chi connectivity index (χ3v) is 3.38. The van der Waals surface area contributed by atoms with Gasteiger partial charge in [-0.2, -0.15) is 0 Å². The fourth-order valence-electron chi connectivity index (χ4n) is 2.21. The lowest BCUT2D eigenvalue weighted by molar-refractivity contribution is 0.0930. The quantitative estimate of drug-likeness (QED) is 0.848. The molecule has 0 saturated carbocycles. The lowest BCUT2D eigenvalue weighted by Gasteiger charge is -2.18.